The van der Waals surface area contributed by atoms with E-state index in [2.05, 4.69) is 0 Å². The molecule has 0 atom stereocenters. The maximum Gasteiger partial charge on any atom is 0.318 e. The maximum atomic E-state index is 12.9. The number of hydrogen-bond donors (Lipinski definition) is 1. The van der Waals surface area contributed by atoms with Gasteiger partial charge in [0.05, 0.1) is 4.92 Å². The van der Waals surface area contributed by atoms with E-state index in [1.807, 2.05) is 0 Å². The number of carboxylic acid groups (broad SMARTS) is 1. The highest BCUT2D eigenvalue weighted by Gasteiger charge is 2.32. The van der Waals surface area contributed by atoms with Crippen LogP contribution in [0.2, 0.25) is 0 Å². The van der Waals surface area contributed by atoms with E-state index in [-0.39, 0.29) is 19.8 Å². The van der Waals surface area contributed by atoms with Crippen LogP contribution in [0.4, 0.5) is 5.69 Å². The summed E-state index contributed by atoms with van der Waals surface area (Å²) in [5, 5.41) is 20.3. The van der Waals surface area contributed by atoms with E-state index in [1.54, 1.807) is 18.2 Å². The zero-order valence-corrected chi connectivity index (χ0v) is 15.3. The van der Waals surface area contributed by atoms with Gasteiger partial charge in [-0.1, -0.05) is 18.2 Å². The SMILES string of the molecule is O=C(O)CN(CCc1ccc2c(c1)OCO2)S(=O)(=O)c1ccccc1[N+](=O)[O-]. The predicted octanol–water partition coefficient (Wildman–Crippen LogP) is 1.64. The summed E-state index contributed by atoms with van der Waals surface area (Å²) < 4.78 is 37.0. The molecular weight excluding hydrogens is 392 g/mol. The molecule has 148 valence electrons. The topological polar surface area (TPSA) is 136 Å². The fraction of sp³-hybridized carbons (Fsp3) is 0.235. The van der Waals surface area contributed by atoms with Gasteiger partial charge in [0.25, 0.3) is 5.69 Å². The van der Waals surface area contributed by atoms with Gasteiger partial charge in [-0.25, -0.2) is 8.42 Å². The van der Waals surface area contributed by atoms with Crippen LogP contribution in [0.3, 0.4) is 0 Å². The van der Waals surface area contributed by atoms with Crippen molar-refractivity contribution in [2.75, 3.05) is 19.9 Å². The van der Waals surface area contributed by atoms with Gasteiger partial charge in [0.1, 0.15) is 6.54 Å². The van der Waals surface area contributed by atoms with Gasteiger partial charge in [-0.3, -0.25) is 14.9 Å². The van der Waals surface area contributed by atoms with Crippen LogP contribution in [0.5, 0.6) is 11.5 Å². The summed E-state index contributed by atoms with van der Waals surface area (Å²) in [5.74, 6) is -0.282. The van der Waals surface area contributed by atoms with Gasteiger partial charge in [-0.05, 0) is 30.2 Å². The zero-order chi connectivity index (χ0) is 20.3. The minimum atomic E-state index is -4.40. The Morgan fingerprint density at radius 1 is 1.18 bits per heavy atom. The minimum absolute atomic E-state index is 0.0932. The quantitative estimate of drug-likeness (QED) is 0.514. The highest BCUT2D eigenvalue weighted by atomic mass is 32.2. The van der Waals surface area contributed by atoms with Gasteiger partial charge in [0.15, 0.2) is 16.4 Å². The van der Waals surface area contributed by atoms with E-state index in [9.17, 15) is 23.3 Å². The summed E-state index contributed by atoms with van der Waals surface area (Å²) in [7, 11) is -4.40. The largest absolute Gasteiger partial charge is 0.480 e. The molecule has 2 aromatic rings. The number of carboxylic acids is 1. The first kappa shape index (κ1) is 19.6. The first-order chi connectivity index (χ1) is 13.3. The number of para-hydroxylation sites is 1. The molecule has 0 fully saturated rings. The highest BCUT2D eigenvalue weighted by Crippen LogP contribution is 2.33. The Balaban J connectivity index is 1.87. The molecule has 2 aromatic carbocycles. The van der Waals surface area contributed by atoms with Crippen LogP contribution in [0.1, 0.15) is 5.56 Å². The molecule has 0 aliphatic carbocycles. The number of nitrogens with zero attached hydrogens (tertiary/aromatic N) is 2. The van der Waals surface area contributed by atoms with Crippen molar-refractivity contribution in [1.29, 1.82) is 0 Å². The van der Waals surface area contributed by atoms with Crippen LogP contribution < -0.4 is 9.47 Å². The first-order valence-corrected chi connectivity index (χ1v) is 9.57. The molecule has 0 amide bonds. The van der Waals surface area contributed by atoms with Crippen LogP contribution >= 0.6 is 0 Å². The second-order valence-electron chi connectivity index (χ2n) is 5.89. The second kappa shape index (κ2) is 7.82. The molecule has 0 aromatic heterocycles. The molecule has 11 heteroatoms. The molecular formula is C17H16N2O8S. The number of ether oxygens (including phenoxy) is 2. The fourth-order valence-corrected chi connectivity index (χ4v) is 4.30. The first-order valence-electron chi connectivity index (χ1n) is 8.13. The Morgan fingerprint density at radius 2 is 1.89 bits per heavy atom. The van der Waals surface area contributed by atoms with Crippen LogP contribution in [0, 0.1) is 10.1 Å². The minimum Gasteiger partial charge on any atom is -0.480 e. The number of sulfonamides is 1. The Kier molecular flexibility index (Phi) is 5.47. The average Bonchev–Trinajstić information content (AvgIpc) is 3.12. The number of nitro groups is 1. The summed E-state index contributed by atoms with van der Waals surface area (Å²) in [6, 6.07) is 9.90. The molecule has 0 bridgehead atoms. The predicted molar refractivity (Wildman–Crippen MR) is 95.8 cm³/mol. The van der Waals surface area contributed by atoms with Crippen molar-refractivity contribution in [2.24, 2.45) is 0 Å². The monoisotopic (exact) mass is 408 g/mol. The lowest BCUT2D eigenvalue weighted by molar-refractivity contribution is -0.387. The average molecular weight is 408 g/mol. The maximum absolute atomic E-state index is 12.9. The van der Waals surface area contributed by atoms with Crippen LogP contribution in [-0.4, -0.2) is 48.6 Å². The summed E-state index contributed by atoms with van der Waals surface area (Å²) >= 11 is 0. The molecule has 10 nitrogen and oxygen atoms in total. The van der Waals surface area contributed by atoms with Crippen LogP contribution in [0.15, 0.2) is 47.4 Å². The van der Waals surface area contributed by atoms with Gasteiger partial charge in [-0.15, -0.1) is 0 Å². The third kappa shape index (κ3) is 4.05. The number of hydrogen-bond acceptors (Lipinski definition) is 7. The van der Waals surface area contributed by atoms with Crippen molar-refractivity contribution in [3.05, 3.63) is 58.1 Å². The van der Waals surface area contributed by atoms with Crippen molar-refractivity contribution in [3.63, 3.8) is 0 Å². The molecule has 1 aliphatic rings. The summed E-state index contributed by atoms with van der Waals surface area (Å²) in [5.41, 5.74) is 0.0957. The van der Waals surface area contributed by atoms with Crippen molar-refractivity contribution in [2.45, 2.75) is 11.3 Å². The second-order valence-corrected chi connectivity index (χ2v) is 7.80. The molecule has 0 unspecified atom stereocenters. The molecule has 0 saturated heterocycles. The molecule has 1 N–H and O–H groups in total. The molecule has 28 heavy (non-hydrogen) atoms. The van der Waals surface area contributed by atoms with Gasteiger partial charge in [0.2, 0.25) is 16.8 Å². The molecule has 0 radical (unpaired) electrons. The molecule has 1 aliphatic heterocycles. The number of rotatable bonds is 8. The lowest BCUT2D eigenvalue weighted by Gasteiger charge is -2.20. The standard InChI is InChI=1S/C17H16N2O8S/c20-17(21)10-18(8-7-12-5-6-14-15(9-12)27-11-26-14)28(24,25)16-4-2-1-3-13(16)19(22)23/h1-6,9H,7-8,10-11H2,(H,20,21). The Bertz CT molecular complexity index is 1020. The summed E-state index contributed by atoms with van der Waals surface area (Å²) in [4.78, 5) is 21.0. The number of carbonyl (C=O) groups is 1. The molecule has 0 spiro atoms. The van der Waals surface area contributed by atoms with Crippen LogP contribution in [0.25, 0.3) is 0 Å². The molecule has 0 saturated carbocycles. The third-order valence-electron chi connectivity index (χ3n) is 4.08. The van der Waals surface area contributed by atoms with Crippen molar-refractivity contribution in [1.82, 2.24) is 4.31 Å². The van der Waals surface area contributed by atoms with E-state index in [0.29, 0.717) is 21.4 Å². The van der Waals surface area contributed by atoms with Gasteiger partial charge >= 0.3 is 5.97 Å². The van der Waals surface area contributed by atoms with E-state index < -0.39 is 38.0 Å². The van der Waals surface area contributed by atoms with E-state index in [0.717, 1.165) is 12.1 Å². The summed E-state index contributed by atoms with van der Waals surface area (Å²) in [6.45, 7) is -0.908. The van der Waals surface area contributed by atoms with Crippen LogP contribution in [-0.2, 0) is 21.2 Å². The molecule has 3 rings (SSSR count). The van der Waals surface area contributed by atoms with Gasteiger partial charge < -0.3 is 14.6 Å². The highest BCUT2D eigenvalue weighted by molar-refractivity contribution is 7.89. The van der Waals surface area contributed by atoms with E-state index in [4.69, 9.17) is 14.6 Å². The lowest BCUT2D eigenvalue weighted by Crippen LogP contribution is -2.37. The van der Waals surface area contributed by atoms with E-state index >= 15 is 0 Å². The molecule has 1 heterocycles. The normalized spacial score (nSPS) is 12.9. The number of benzene rings is 2. The number of nitro benzene ring substituents is 1. The fourth-order valence-electron chi connectivity index (χ4n) is 2.75. The zero-order valence-electron chi connectivity index (χ0n) is 14.5. The Labute approximate surface area is 160 Å². The lowest BCUT2D eigenvalue weighted by atomic mass is 10.1. The summed E-state index contributed by atoms with van der Waals surface area (Å²) in [6.07, 6.45) is 0.184. The third-order valence-corrected chi connectivity index (χ3v) is 5.97. The van der Waals surface area contributed by atoms with Crippen molar-refractivity contribution < 1.29 is 32.7 Å². The van der Waals surface area contributed by atoms with Crippen molar-refractivity contribution in [3.8, 4) is 11.5 Å². The smallest absolute Gasteiger partial charge is 0.318 e. The number of aliphatic carboxylic acids is 1. The van der Waals surface area contributed by atoms with E-state index in [1.165, 1.54) is 12.1 Å². The van der Waals surface area contributed by atoms with Gasteiger partial charge in [0, 0.05) is 12.6 Å². The number of fused-ring (bicyclic) bond motifs is 1. The Morgan fingerprint density at radius 3 is 2.61 bits per heavy atom. The van der Waals surface area contributed by atoms with Crippen molar-refractivity contribution >= 4 is 21.7 Å². The Hall–Kier alpha value is -3.18. The van der Waals surface area contributed by atoms with Gasteiger partial charge in [-0.2, -0.15) is 4.31 Å².